The average molecular weight is 330 g/mol. The molecule has 0 bridgehead atoms. The molecule has 0 radical (unpaired) electrons. The van der Waals surface area contributed by atoms with Crippen molar-refractivity contribution in [3.63, 3.8) is 0 Å². The van der Waals surface area contributed by atoms with Gasteiger partial charge in [-0.15, -0.1) is 0 Å². The lowest BCUT2D eigenvalue weighted by molar-refractivity contribution is 0.434. The molecule has 0 saturated heterocycles. The highest BCUT2D eigenvalue weighted by molar-refractivity contribution is 14.1. The quantitative estimate of drug-likeness (QED) is 0.793. The number of rotatable bonds is 2. The summed E-state index contributed by atoms with van der Waals surface area (Å²) in [6.45, 7) is 3.84. The number of hydrogen-bond acceptors (Lipinski definition) is 4. The standard InChI is InChI=1S/C10H11IN4O/c1-6-9(7(2)15(3)14-6)16-10-12-4-8(11)5-13-10/h4-5H,1-3H3. The van der Waals surface area contributed by atoms with E-state index in [0.717, 1.165) is 20.7 Å². The molecular formula is C10H11IN4O. The Labute approximate surface area is 107 Å². The number of aryl methyl sites for hydroxylation is 2. The summed E-state index contributed by atoms with van der Waals surface area (Å²) in [5.74, 6) is 0.726. The van der Waals surface area contributed by atoms with E-state index in [4.69, 9.17) is 4.74 Å². The third-order valence-electron chi connectivity index (χ3n) is 2.23. The molecule has 0 fully saturated rings. The van der Waals surface area contributed by atoms with E-state index in [1.165, 1.54) is 0 Å². The lowest BCUT2D eigenvalue weighted by Crippen LogP contribution is -1.95. The second kappa shape index (κ2) is 4.36. The molecule has 2 aromatic heterocycles. The number of halogens is 1. The topological polar surface area (TPSA) is 52.8 Å². The molecule has 0 aromatic carbocycles. The van der Waals surface area contributed by atoms with E-state index in [0.29, 0.717) is 6.01 Å². The normalized spacial score (nSPS) is 10.5. The van der Waals surface area contributed by atoms with Gasteiger partial charge in [0.1, 0.15) is 5.69 Å². The van der Waals surface area contributed by atoms with Crippen molar-refractivity contribution < 1.29 is 4.74 Å². The minimum Gasteiger partial charge on any atom is -0.420 e. The van der Waals surface area contributed by atoms with Gasteiger partial charge in [-0.25, -0.2) is 9.97 Å². The van der Waals surface area contributed by atoms with E-state index in [1.54, 1.807) is 17.1 Å². The number of aromatic nitrogens is 4. The van der Waals surface area contributed by atoms with Crippen LogP contribution in [0.2, 0.25) is 0 Å². The molecule has 0 aliphatic carbocycles. The van der Waals surface area contributed by atoms with Crippen LogP contribution in [0, 0.1) is 17.4 Å². The molecule has 0 unspecified atom stereocenters. The molecule has 2 heterocycles. The summed E-state index contributed by atoms with van der Waals surface area (Å²) in [4.78, 5) is 8.17. The zero-order valence-corrected chi connectivity index (χ0v) is 11.4. The van der Waals surface area contributed by atoms with Crippen molar-refractivity contribution in [2.24, 2.45) is 7.05 Å². The summed E-state index contributed by atoms with van der Waals surface area (Å²) >= 11 is 2.15. The van der Waals surface area contributed by atoms with Crippen LogP contribution >= 0.6 is 22.6 Å². The maximum atomic E-state index is 5.61. The highest BCUT2D eigenvalue weighted by atomic mass is 127. The molecule has 6 heteroatoms. The van der Waals surface area contributed by atoms with Crippen LogP contribution in [0.1, 0.15) is 11.4 Å². The van der Waals surface area contributed by atoms with Crippen molar-refractivity contribution in [1.82, 2.24) is 19.7 Å². The third-order valence-corrected chi connectivity index (χ3v) is 2.79. The second-order valence-corrected chi connectivity index (χ2v) is 4.66. The summed E-state index contributed by atoms with van der Waals surface area (Å²) in [6.07, 6.45) is 3.42. The zero-order valence-electron chi connectivity index (χ0n) is 9.23. The third kappa shape index (κ3) is 2.16. The first kappa shape index (κ1) is 11.3. The van der Waals surface area contributed by atoms with Gasteiger partial charge in [-0.05, 0) is 36.4 Å². The van der Waals surface area contributed by atoms with E-state index in [-0.39, 0.29) is 0 Å². The fraction of sp³-hybridized carbons (Fsp3) is 0.300. The van der Waals surface area contributed by atoms with Gasteiger partial charge in [0.2, 0.25) is 0 Å². The summed E-state index contributed by atoms with van der Waals surface area (Å²) in [5, 5.41) is 4.26. The molecular weight excluding hydrogens is 319 g/mol. The van der Waals surface area contributed by atoms with Gasteiger partial charge in [0, 0.05) is 23.0 Å². The molecule has 0 atom stereocenters. The Morgan fingerprint density at radius 1 is 1.25 bits per heavy atom. The average Bonchev–Trinajstić information content (AvgIpc) is 2.48. The lowest BCUT2D eigenvalue weighted by Gasteiger charge is -2.03. The molecule has 0 amide bonds. The zero-order chi connectivity index (χ0) is 11.7. The van der Waals surface area contributed by atoms with Gasteiger partial charge >= 0.3 is 6.01 Å². The van der Waals surface area contributed by atoms with Gasteiger partial charge in [0.15, 0.2) is 5.75 Å². The Morgan fingerprint density at radius 3 is 2.38 bits per heavy atom. The van der Waals surface area contributed by atoms with E-state index in [9.17, 15) is 0 Å². The van der Waals surface area contributed by atoms with Crippen LogP contribution in [0.5, 0.6) is 11.8 Å². The first-order chi connectivity index (χ1) is 7.58. The highest BCUT2D eigenvalue weighted by Gasteiger charge is 2.12. The molecule has 0 aliphatic heterocycles. The Morgan fingerprint density at radius 2 is 1.88 bits per heavy atom. The van der Waals surface area contributed by atoms with Crippen molar-refractivity contribution in [3.05, 3.63) is 27.4 Å². The Balaban J connectivity index is 2.30. The summed E-state index contributed by atoms with van der Waals surface area (Å²) in [6, 6.07) is 0.347. The monoisotopic (exact) mass is 330 g/mol. The molecule has 0 saturated carbocycles. The van der Waals surface area contributed by atoms with Crippen LogP contribution in [0.25, 0.3) is 0 Å². The van der Waals surface area contributed by atoms with E-state index < -0.39 is 0 Å². The fourth-order valence-corrected chi connectivity index (χ4v) is 1.62. The summed E-state index contributed by atoms with van der Waals surface area (Å²) in [7, 11) is 1.88. The predicted octanol–water partition coefficient (Wildman–Crippen LogP) is 2.22. The molecule has 5 nitrogen and oxygen atoms in total. The number of ether oxygens (including phenoxy) is 1. The smallest absolute Gasteiger partial charge is 0.322 e. The van der Waals surface area contributed by atoms with Crippen LogP contribution in [0.15, 0.2) is 12.4 Å². The minimum absolute atomic E-state index is 0.347. The summed E-state index contributed by atoms with van der Waals surface area (Å²) in [5.41, 5.74) is 1.79. The Kier molecular flexibility index (Phi) is 3.08. The maximum Gasteiger partial charge on any atom is 0.322 e. The van der Waals surface area contributed by atoms with Crippen molar-refractivity contribution in [3.8, 4) is 11.8 Å². The number of nitrogens with zero attached hydrogens (tertiary/aromatic N) is 4. The van der Waals surface area contributed by atoms with Crippen LogP contribution in [-0.2, 0) is 7.05 Å². The first-order valence-corrected chi connectivity index (χ1v) is 5.81. The van der Waals surface area contributed by atoms with Gasteiger partial charge in [0.05, 0.1) is 5.69 Å². The molecule has 0 aliphatic rings. The van der Waals surface area contributed by atoms with Crippen molar-refractivity contribution in [1.29, 1.82) is 0 Å². The summed E-state index contributed by atoms with van der Waals surface area (Å²) < 4.78 is 8.36. The second-order valence-electron chi connectivity index (χ2n) is 3.41. The SMILES string of the molecule is Cc1nn(C)c(C)c1Oc1ncc(I)cn1. The van der Waals surface area contributed by atoms with Gasteiger partial charge in [-0.1, -0.05) is 0 Å². The van der Waals surface area contributed by atoms with E-state index >= 15 is 0 Å². The Bertz CT molecular complexity index is 506. The van der Waals surface area contributed by atoms with Crippen molar-refractivity contribution in [2.45, 2.75) is 13.8 Å². The highest BCUT2D eigenvalue weighted by Crippen LogP contribution is 2.25. The van der Waals surface area contributed by atoms with Gasteiger partial charge in [-0.2, -0.15) is 5.10 Å². The first-order valence-electron chi connectivity index (χ1n) is 4.73. The largest absolute Gasteiger partial charge is 0.420 e. The van der Waals surface area contributed by atoms with Crippen LogP contribution < -0.4 is 4.74 Å². The molecule has 2 rings (SSSR count). The van der Waals surface area contributed by atoms with Gasteiger partial charge in [0.25, 0.3) is 0 Å². The molecule has 0 spiro atoms. The molecule has 2 aromatic rings. The number of hydrogen-bond donors (Lipinski definition) is 0. The molecule has 84 valence electrons. The van der Waals surface area contributed by atoms with Crippen molar-refractivity contribution in [2.75, 3.05) is 0 Å². The van der Waals surface area contributed by atoms with E-state index in [1.807, 2.05) is 20.9 Å². The van der Waals surface area contributed by atoms with Crippen LogP contribution in [0.4, 0.5) is 0 Å². The minimum atomic E-state index is 0.347. The Hall–Kier alpha value is -1.18. The van der Waals surface area contributed by atoms with Crippen LogP contribution in [0.3, 0.4) is 0 Å². The van der Waals surface area contributed by atoms with Crippen LogP contribution in [-0.4, -0.2) is 19.7 Å². The fourth-order valence-electron chi connectivity index (χ4n) is 1.35. The van der Waals surface area contributed by atoms with E-state index in [2.05, 4.69) is 37.7 Å². The molecule has 0 N–H and O–H groups in total. The van der Waals surface area contributed by atoms with Gasteiger partial charge in [-0.3, -0.25) is 4.68 Å². The lowest BCUT2D eigenvalue weighted by atomic mass is 10.3. The van der Waals surface area contributed by atoms with Crippen molar-refractivity contribution >= 4 is 22.6 Å². The van der Waals surface area contributed by atoms with Gasteiger partial charge < -0.3 is 4.74 Å². The molecule has 16 heavy (non-hydrogen) atoms. The predicted molar refractivity (Wildman–Crippen MR) is 67.5 cm³/mol. The maximum absolute atomic E-state index is 5.61.